The molecule has 114 valence electrons. The number of benzene rings is 1. The van der Waals surface area contributed by atoms with Gasteiger partial charge in [0.25, 0.3) is 0 Å². The molecule has 21 heavy (non-hydrogen) atoms. The smallest absolute Gasteiger partial charge is 0.0994 e. The van der Waals surface area contributed by atoms with E-state index in [0.717, 1.165) is 33.5 Å². The average molecular weight is 348 g/mol. The number of aryl methyl sites for hydroxylation is 2. The van der Waals surface area contributed by atoms with Gasteiger partial charge in [0.05, 0.1) is 11.6 Å². The normalized spacial score (nSPS) is 15.3. The standard InChI is InChI=1S/C13H14BrN.C6H12/c1-4-5-13(14)12-7-11(8-15)9(2)6-10(12)3;1-6-4-2-3-5-6/h5-7H,4H2,1-3H3;6H,2-5H2,1H3/b13-5+;. The zero-order chi connectivity index (χ0) is 15.8. The van der Waals surface area contributed by atoms with Gasteiger partial charge in [0.1, 0.15) is 0 Å². The maximum absolute atomic E-state index is 8.96. The SMILES string of the molecule is CC/C=C(/Br)c1cc(C#N)c(C)cc1C.CC1CCCC1. The van der Waals surface area contributed by atoms with Crippen LogP contribution in [0.25, 0.3) is 4.48 Å². The van der Waals surface area contributed by atoms with E-state index in [1.54, 1.807) is 0 Å². The number of halogens is 1. The number of hydrogen-bond donors (Lipinski definition) is 0. The van der Waals surface area contributed by atoms with Gasteiger partial charge in [-0.1, -0.05) is 67.6 Å². The van der Waals surface area contributed by atoms with Gasteiger partial charge in [-0.05, 0) is 48.9 Å². The van der Waals surface area contributed by atoms with Crippen molar-refractivity contribution in [3.8, 4) is 6.07 Å². The van der Waals surface area contributed by atoms with Gasteiger partial charge in [-0.2, -0.15) is 5.26 Å². The fraction of sp³-hybridized carbons (Fsp3) is 0.526. The molecule has 1 aromatic rings. The molecule has 0 aliphatic heterocycles. The van der Waals surface area contributed by atoms with Crippen LogP contribution in [0.4, 0.5) is 0 Å². The van der Waals surface area contributed by atoms with Crippen molar-refractivity contribution >= 4 is 20.4 Å². The second kappa shape index (κ2) is 9.05. The second-order valence-corrected chi connectivity index (χ2v) is 6.80. The monoisotopic (exact) mass is 347 g/mol. The predicted octanol–water partition coefficient (Wildman–Crippen LogP) is 6.52. The van der Waals surface area contributed by atoms with Crippen molar-refractivity contribution < 1.29 is 0 Å². The highest BCUT2D eigenvalue weighted by Crippen LogP contribution is 2.27. The van der Waals surface area contributed by atoms with Crippen molar-refractivity contribution in [2.24, 2.45) is 5.92 Å². The molecule has 0 saturated heterocycles. The van der Waals surface area contributed by atoms with Crippen molar-refractivity contribution in [1.29, 1.82) is 5.26 Å². The molecule has 2 heteroatoms. The summed E-state index contributed by atoms with van der Waals surface area (Å²) in [6.07, 6.45) is 9.04. The highest BCUT2D eigenvalue weighted by atomic mass is 79.9. The van der Waals surface area contributed by atoms with Crippen LogP contribution in [0.2, 0.25) is 0 Å². The number of rotatable bonds is 2. The van der Waals surface area contributed by atoms with Gasteiger partial charge in [0.2, 0.25) is 0 Å². The zero-order valence-electron chi connectivity index (χ0n) is 13.7. The van der Waals surface area contributed by atoms with Gasteiger partial charge in [0.15, 0.2) is 0 Å². The lowest BCUT2D eigenvalue weighted by atomic mass is 10.00. The minimum Gasteiger partial charge on any atom is -0.192 e. The Bertz CT molecular complexity index is 531. The maximum atomic E-state index is 8.96. The molecule has 1 saturated carbocycles. The molecule has 0 unspecified atom stereocenters. The molecule has 0 amide bonds. The molecule has 1 fully saturated rings. The number of nitrogens with zero attached hydrogens (tertiary/aromatic N) is 1. The summed E-state index contributed by atoms with van der Waals surface area (Å²) in [5.74, 6) is 1.05. The van der Waals surface area contributed by atoms with E-state index in [-0.39, 0.29) is 0 Å². The van der Waals surface area contributed by atoms with E-state index >= 15 is 0 Å². The van der Waals surface area contributed by atoms with Gasteiger partial charge in [-0.3, -0.25) is 0 Å². The van der Waals surface area contributed by atoms with E-state index in [4.69, 9.17) is 5.26 Å². The third-order valence-corrected chi connectivity index (χ3v) is 4.73. The van der Waals surface area contributed by atoms with E-state index in [0.29, 0.717) is 0 Å². The van der Waals surface area contributed by atoms with Gasteiger partial charge in [0, 0.05) is 4.48 Å². The molecule has 0 atom stereocenters. The van der Waals surface area contributed by atoms with Crippen molar-refractivity contribution in [2.75, 3.05) is 0 Å². The summed E-state index contributed by atoms with van der Waals surface area (Å²) in [5, 5.41) is 8.96. The lowest BCUT2D eigenvalue weighted by Crippen LogP contribution is -1.90. The summed E-state index contributed by atoms with van der Waals surface area (Å²) in [6, 6.07) is 6.21. The Kier molecular flexibility index (Phi) is 7.75. The van der Waals surface area contributed by atoms with Crippen LogP contribution in [-0.4, -0.2) is 0 Å². The third-order valence-electron chi connectivity index (χ3n) is 3.98. The van der Waals surface area contributed by atoms with E-state index in [2.05, 4.69) is 54.9 Å². The summed E-state index contributed by atoms with van der Waals surface area (Å²) in [4.78, 5) is 0. The van der Waals surface area contributed by atoms with E-state index in [1.807, 2.05) is 13.0 Å². The molecule has 0 bridgehead atoms. The minimum absolute atomic E-state index is 0.747. The Morgan fingerprint density at radius 3 is 2.33 bits per heavy atom. The molecule has 1 aliphatic rings. The van der Waals surface area contributed by atoms with Crippen LogP contribution in [0, 0.1) is 31.1 Å². The van der Waals surface area contributed by atoms with Crippen LogP contribution in [0.1, 0.15) is 68.2 Å². The first kappa shape index (κ1) is 18.0. The van der Waals surface area contributed by atoms with Crippen molar-refractivity contribution in [3.05, 3.63) is 40.5 Å². The highest BCUT2D eigenvalue weighted by molar-refractivity contribution is 9.15. The first-order chi connectivity index (χ1) is 9.99. The summed E-state index contributed by atoms with van der Waals surface area (Å²) < 4.78 is 1.07. The molecule has 0 radical (unpaired) electrons. The highest BCUT2D eigenvalue weighted by Gasteiger charge is 2.07. The number of allylic oxidation sites excluding steroid dienone is 1. The molecule has 0 spiro atoms. The van der Waals surface area contributed by atoms with Crippen molar-refractivity contribution in [3.63, 3.8) is 0 Å². The van der Waals surface area contributed by atoms with E-state index < -0.39 is 0 Å². The van der Waals surface area contributed by atoms with E-state index in [1.165, 1.54) is 31.2 Å². The van der Waals surface area contributed by atoms with Crippen molar-refractivity contribution in [2.45, 2.75) is 59.8 Å². The summed E-state index contributed by atoms with van der Waals surface area (Å²) >= 11 is 3.54. The summed E-state index contributed by atoms with van der Waals surface area (Å²) in [7, 11) is 0. The Labute approximate surface area is 138 Å². The minimum atomic E-state index is 0.747. The fourth-order valence-electron chi connectivity index (χ4n) is 2.65. The van der Waals surface area contributed by atoms with Crippen LogP contribution < -0.4 is 0 Å². The molecule has 1 aliphatic carbocycles. The Morgan fingerprint density at radius 2 is 1.90 bits per heavy atom. The molecular weight excluding hydrogens is 322 g/mol. The summed E-state index contributed by atoms with van der Waals surface area (Å²) in [6.45, 7) is 8.46. The van der Waals surface area contributed by atoms with Gasteiger partial charge >= 0.3 is 0 Å². The number of hydrogen-bond acceptors (Lipinski definition) is 1. The molecule has 1 aromatic carbocycles. The first-order valence-corrected chi connectivity index (χ1v) is 8.66. The van der Waals surface area contributed by atoms with Gasteiger partial charge in [-0.25, -0.2) is 0 Å². The van der Waals surface area contributed by atoms with Crippen LogP contribution >= 0.6 is 15.9 Å². The van der Waals surface area contributed by atoms with Crippen LogP contribution in [0.15, 0.2) is 18.2 Å². The fourth-order valence-corrected chi connectivity index (χ4v) is 3.40. The molecule has 2 rings (SSSR count). The van der Waals surface area contributed by atoms with Crippen molar-refractivity contribution in [1.82, 2.24) is 0 Å². The molecular formula is C19H26BrN. The molecule has 0 aromatic heterocycles. The molecule has 0 N–H and O–H groups in total. The van der Waals surface area contributed by atoms with Crippen LogP contribution in [0.5, 0.6) is 0 Å². The Balaban J connectivity index is 0.000000304. The van der Waals surface area contributed by atoms with Crippen LogP contribution in [-0.2, 0) is 0 Å². The topological polar surface area (TPSA) is 23.8 Å². The third kappa shape index (κ3) is 5.67. The largest absolute Gasteiger partial charge is 0.192 e. The predicted molar refractivity (Wildman–Crippen MR) is 95.5 cm³/mol. The van der Waals surface area contributed by atoms with Gasteiger partial charge in [-0.15, -0.1) is 0 Å². The lowest BCUT2D eigenvalue weighted by molar-refractivity contribution is 0.612. The quantitative estimate of drug-likeness (QED) is 0.597. The first-order valence-electron chi connectivity index (χ1n) is 7.87. The lowest BCUT2D eigenvalue weighted by Gasteiger charge is -2.07. The van der Waals surface area contributed by atoms with Gasteiger partial charge < -0.3 is 0 Å². The maximum Gasteiger partial charge on any atom is 0.0994 e. The number of nitriles is 1. The van der Waals surface area contributed by atoms with E-state index in [9.17, 15) is 0 Å². The molecule has 0 heterocycles. The van der Waals surface area contributed by atoms with Crippen LogP contribution in [0.3, 0.4) is 0 Å². The summed E-state index contributed by atoms with van der Waals surface area (Å²) in [5.41, 5.74) is 4.09. The Morgan fingerprint density at radius 1 is 1.29 bits per heavy atom. The molecule has 1 nitrogen and oxygen atoms in total. The average Bonchev–Trinajstić information content (AvgIpc) is 2.91. The zero-order valence-corrected chi connectivity index (χ0v) is 15.3. The second-order valence-electron chi connectivity index (χ2n) is 5.94. The Hall–Kier alpha value is -1.07.